The van der Waals surface area contributed by atoms with Crippen molar-refractivity contribution in [2.24, 2.45) is 10.7 Å². The van der Waals surface area contributed by atoms with Gasteiger partial charge in [-0.3, -0.25) is 14.6 Å². The number of nitrogens with two attached hydrogens (primary N) is 1. The fourth-order valence-electron chi connectivity index (χ4n) is 2.85. The first-order valence-corrected chi connectivity index (χ1v) is 7.96. The van der Waals surface area contributed by atoms with Crippen LogP contribution in [0.5, 0.6) is 0 Å². The van der Waals surface area contributed by atoms with Gasteiger partial charge in [-0.1, -0.05) is 6.08 Å². The molecule has 1 aromatic rings. The van der Waals surface area contributed by atoms with E-state index in [0.717, 1.165) is 18.5 Å². The maximum Gasteiger partial charge on any atom is 0.271 e. The zero-order chi connectivity index (χ0) is 19.6. The number of aliphatic imine (C=N–C) groups is 1. The second kappa shape index (κ2) is 7.35. The molecule has 0 bridgehead atoms. The van der Waals surface area contributed by atoms with Crippen LogP contribution in [0.15, 0.2) is 45.7 Å². The SMILES string of the molecule is NC1=NC(C2=CC(NC(=O)c3c[nH]c(=O)cn3)CC=C2F)(C(F)F)COC1. The minimum Gasteiger partial charge on any atom is -0.385 e. The van der Waals surface area contributed by atoms with E-state index in [4.69, 9.17) is 10.5 Å². The number of rotatable bonds is 4. The molecule has 2 aliphatic rings. The van der Waals surface area contributed by atoms with Gasteiger partial charge in [0.1, 0.15) is 24.0 Å². The number of ether oxygens (including phenoxy) is 1. The molecule has 1 aliphatic heterocycles. The van der Waals surface area contributed by atoms with E-state index in [1.165, 1.54) is 6.08 Å². The van der Waals surface area contributed by atoms with Crippen molar-refractivity contribution in [3.8, 4) is 0 Å². The molecule has 11 heteroatoms. The molecule has 2 atom stereocenters. The maximum absolute atomic E-state index is 14.4. The number of nitrogens with one attached hydrogen (secondary N) is 2. The average Bonchev–Trinajstić information content (AvgIpc) is 2.63. The molecule has 0 radical (unpaired) electrons. The predicted octanol–water partition coefficient (Wildman–Crippen LogP) is 0.443. The number of amidine groups is 1. The van der Waals surface area contributed by atoms with Gasteiger partial charge in [0.2, 0.25) is 0 Å². The van der Waals surface area contributed by atoms with Gasteiger partial charge in [0.15, 0.2) is 5.54 Å². The summed E-state index contributed by atoms with van der Waals surface area (Å²) < 4.78 is 47.0. The van der Waals surface area contributed by atoms with E-state index in [-0.39, 0.29) is 24.6 Å². The number of hydrogen-bond acceptors (Lipinski definition) is 6. The quantitative estimate of drug-likeness (QED) is 0.697. The number of carbonyl (C=O) groups excluding carboxylic acids is 1. The number of H-pyrrole nitrogens is 1. The van der Waals surface area contributed by atoms with Crippen molar-refractivity contribution in [2.75, 3.05) is 13.2 Å². The number of aromatic nitrogens is 2. The topological polar surface area (TPSA) is 122 Å². The number of hydrogen-bond donors (Lipinski definition) is 3. The Balaban J connectivity index is 1.88. The second-order valence-electron chi connectivity index (χ2n) is 6.07. The monoisotopic (exact) mass is 383 g/mol. The molecule has 3 rings (SSSR count). The highest BCUT2D eigenvalue weighted by molar-refractivity contribution is 5.92. The summed E-state index contributed by atoms with van der Waals surface area (Å²) >= 11 is 0. The smallest absolute Gasteiger partial charge is 0.271 e. The fourth-order valence-corrected chi connectivity index (χ4v) is 2.85. The van der Waals surface area contributed by atoms with Crippen LogP contribution in [0.25, 0.3) is 0 Å². The third-order valence-electron chi connectivity index (χ3n) is 4.14. The first kappa shape index (κ1) is 18.8. The number of alkyl halides is 2. The fraction of sp³-hybridized carbons (Fsp3) is 0.375. The minimum absolute atomic E-state index is 0.0454. The van der Waals surface area contributed by atoms with Crippen LogP contribution in [0, 0.1) is 0 Å². The molecular formula is C16H16F3N5O3. The number of amides is 1. The summed E-state index contributed by atoms with van der Waals surface area (Å²) in [6.07, 6.45) is 1.28. The van der Waals surface area contributed by atoms with Gasteiger partial charge in [-0.25, -0.2) is 18.2 Å². The third kappa shape index (κ3) is 3.77. The van der Waals surface area contributed by atoms with E-state index in [1.807, 2.05) is 0 Å². The Morgan fingerprint density at radius 3 is 2.89 bits per heavy atom. The number of nitrogens with zero attached hydrogens (tertiary/aromatic N) is 2. The van der Waals surface area contributed by atoms with Crippen molar-refractivity contribution < 1.29 is 22.7 Å². The highest BCUT2D eigenvalue weighted by Crippen LogP contribution is 2.38. The van der Waals surface area contributed by atoms with E-state index in [0.29, 0.717) is 0 Å². The average molecular weight is 383 g/mol. The lowest BCUT2D eigenvalue weighted by atomic mass is 9.84. The number of aromatic amines is 1. The van der Waals surface area contributed by atoms with Crippen molar-refractivity contribution in [3.63, 3.8) is 0 Å². The Morgan fingerprint density at radius 2 is 2.26 bits per heavy atom. The van der Waals surface area contributed by atoms with Gasteiger partial charge in [0, 0.05) is 11.8 Å². The lowest BCUT2D eigenvalue weighted by Crippen LogP contribution is -2.50. The molecular weight excluding hydrogens is 367 g/mol. The number of halogens is 3. The van der Waals surface area contributed by atoms with Crippen molar-refractivity contribution in [1.82, 2.24) is 15.3 Å². The van der Waals surface area contributed by atoms with Gasteiger partial charge in [-0.05, 0) is 12.5 Å². The van der Waals surface area contributed by atoms with Crippen molar-refractivity contribution in [3.05, 3.63) is 52.0 Å². The first-order chi connectivity index (χ1) is 12.8. The molecule has 1 aromatic heterocycles. The standard InChI is InChI=1S/C16H16F3N5O3/c17-10-2-1-8(23-14(26)11-4-22-13(25)5-21-11)3-9(10)16(15(18)19)7-27-6-12(20)24-16/h2-5,8,15H,1,6-7H2,(H2,20,24)(H,22,25)(H,23,26). The lowest BCUT2D eigenvalue weighted by molar-refractivity contribution is 0.00775. The molecule has 0 saturated heterocycles. The zero-order valence-corrected chi connectivity index (χ0v) is 13.9. The van der Waals surface area contributed by atoms with Crippen LogP contribution in [-0.2, 0) is 4.74 Å². The zero-order valence-electron chi connectivity index (χ0n) is 13.9. The third-order valence-corrected chi connectivity index (χ3v) is 4.14. The molecule has 0 saturated carbocycles. The van der Waals surface area contributed by atoms with Gasteiger partial charge in [-0.2, -0.15) is 0 Å². The highest BCUT2D eigenvalue weighted by atomic mass is 19.3. The Kier molecular flexibility index (Phi) is 5.13. The molecule has 2 unspecified atom stereocenters. The van der Waals surface area contributed by atoms with E-state index >= 15 is 0 Å². The van der Waals surface area contributed by atoms with Gasteiger partial charge in [0.25, 0.3) is 17.9 Å². The van der Waals surface area contributed by atoms with Crippen LogP contribution in [0.1, 0.15) is 16.9 Å². The van der Waals surface area contributed by atoms with Crippen LogP contribution >= 0.6 is 0 Å². The molecule has 8 nitrogen and oxygen atoms in total. The molecule has 27 heavy (non-hydrogen) atoms. The van der Waals surface area contributed by atoms with Crippen molar-refractivity contribution >= 4 is 11.7 Å². The summed E-state index contributed by atoms with van der Waals surface area (Å²) in [6.45, 7) is -0.661. The predicted molar refractivity (Wildman–Crippen MR) is 89.2 cm³/mol. The molecule has 0 fully saturated rings. The Hall–Kier alpha value is -2.95. The summed E-state index contributed by atoms with van der Waals surface area (Å²) in [4.78, 5) is 32.9. The Morgan fingerprint density at radius 1 is 1.48 bits per heavy atom. The van der Waals surface area contributed by atoms with Crippen molar-refractivity contribution in [2.45, 2.75) is 24.4 Å². The van der Waals surface area contributed by atoms with E-state index < -0.39 is 47.5 Å². The van der Waals surface area contributed by atoms with E-state index in [1.54, 1.807) is 0 Å². The first-order valence-electron chi connectivity index (χ1n) is 7.96. The highest BCUT2D eigenvalue weighted by Gasteiger charge is 2.48. The van der Waals surface area contributed by atoms with Crippen LogP contribution in [0.2, 0.25) is 0 Å². The van der Waals surface area contributed by atoms with Crippen LogP contribution in [0.4, 0.5) is 13.2 Å². The lowest BCUT2D eigenvalue weighted by Gasteiger charge is -2.36. The molecule has 1 aliphatic carbocycles. The largest absolute Gasteiger partial charge is 0.385 e. The molecule has 4 N–H and O–H groups in total. The Labute approximate surface area is 151 Å². The molecule has 0 aromatic carbocycles. The van der Waals surface area contributed by atoms with Gasteiger partial charge < -0.3 is 20.8 Å². The van der Waals surface area contributed by atoms with Gasteiger partial charge in [-0.15, -0.1) is 0 Å². The van der Waals surface area contributed by atoms with Crippen molar-refractivity contribution in [1.29, 1.82) is 0 Å². The summed E-state index contributed by atoms with van der Waals surface area (Å²) in [6, 6.07) is -0.783. The van der Waals surface area contributed by atoms with Crippen LogP contribution in [0.3, 0.4) is 0 Å². The van der Waals surface area contributed by atoms with Gasteiger partial charge in [0.05, 0.1) is 18.8 Å². The Bertz CT molecular complexity index is 875. The minimum atomic E-state index is -3.07. The van der Waals surface area contributed by atoms with E-state index in [2.05, 4.69) is 20.3 Å². The van der Waals surface area contributed by atoms with Gasteiger partial charge >= 0.3 is 0 Å². The molecule has 2 heterocycles. The molecule has 1 amide bonds. The summed E-state index contributed by atoms with van der Waals surface area (Å²) in [7, 11) is 0. The summed E-state index contributed by atoms with van der Waals surface area (Å²) in [5.74, 6) is -1.69. The summed E-state index contributed by atoms with van der Waals surface area (Å²) in [5.41, 5.74) is 2.29. The second-order valence-corrected chi connectivity index (χ2v) is 6.07. The molecule has 0 spiro atoms. The normalized spacial score (nSPS) is 25.5. The van der Waals surface area contributed by atoms with Crippen LogP contribution in [-0.4, -0.2) is 52.9 Å². The summed E-state index contributed by atoms with van der Waals surface area (Å²) in [5, 5.41) is 2.54. The van der Waals surface area contributed by atoms with Crippen LogP contribution < -0.4 is 16.6 Å². The maximum atomic E-state index is 14.4. The molecule has 144 valence electrons. The number of carbonyl (C=O) groups is 1. The van der Waals surface area contributed by atoms with E-state index in [9.17, 15) is 22.8 Å².